The van der Waals surface area contributed by atoms with E-state index in [4.69, 9.17) is 0 Å². The topological polar surface area (TPSA) is 77.3 Å². The van der Waals surface area contributed by atoms with Crippen LogP contribution in [0, 0.1) is 0 Å². The van der Waals surface area contributed by atoms with Gasteiger partial charge in [0.25, 0.3) is 0 Å². The zero-order chi connectivity index (χ0) is 14.0. The SMILES string of the molecule is CCCC(CCCCc1ncncn1)c1ncncn1. The molecule has 1 atom stereocenters. The van der Waals surface area contributed by atoms with Crippen LogP contribution < -0.4 is 0 Å². The van der Waals surface area contributed by atoms with Crippen molar-refractivity contribution in [3.63, 3.8) is 0 Å². The summed E-state index contributed by atoms with van der Waals surface area (Å²) in [4.78, 5) is 24.5. The lowest BCUT2D eigenvalue weighted by atomic mass is 9.95. The van der Waals surface area contributed by atoms with Gasteiger partial charge in [0.2, 0.25) is 0 Å². The third-order valence-corrected chi connectivity index (χ3v) is 3.27. The highest BCUT2D eigenvalue weighted by atomic mass is 15.0. The maximum Gasteiger partial charge on any atom is 0.135 e. The molecule has 6 heteroatoms. The van der Waals surface area contributed by atoms with E-state index in [-0.39, 0.29) is 0 Å². The fraction of sp³-hybridized carbons (Fsp3) is 0.571. The van der Waals surface area contributed by atoms with Gasteiger partial charge in [0, 0.05) is 12.3 Å². The Hall–Kier alpha value is -1.98. The number of hydrogen-bond acceptors (Lipinski definition) is 6. The highest BCUT2D eigenvalue weighted by molar-refractivity contribution is 4.93. The Bertz CT molecular complexity index is 476. The lowest BCUT2D eigenvalue weighted by Crippen LogP contribution is -2.05. The van der Waals surface area contributed by atoms with Gasteiger partial charge >= 0.3 is 0 Å². The summed E-state index contributed by atoms with van der Waals surface area (Å²) in [6, 6.07) is 0. The van der Waals surface area contributed by atoms with Gasteiger partial charge in [0.1, 0.15) is 37.0 Å². The average molecular weight is 272 g/mol. The summed E-state index contributed by atoms with van der Waals surface area (Å²) in [5.41, 5.74) is 0. The number of unbranched alkanes of at least 4 members (excludes halogenated alkanes) is 1. The molecular formula is C14H20N6. The van der Waals surface area contributed by atoms with Gasteiger partial charge in [-0.25, -0.2) is 29.9 Å². The van der Waals surface area contributed by atoms with Crippen LogP contribution in [0.15, 0.2) is 25.3 Å². The molecule has 0 saturated heterocycles. The molecule has 0 aliphatic heterocycles. The van der Waals surface area contributed by atoms with Crippen LogP contribution in [0.3, 0.4) is 0 Å². The molecule has 0 spiro atoms. The van der Waals surface area contributed by atoms with Gasteiger partial charge in [-0.15, -0.1) is 0 Å². The summed E-state index contributed by atoms with van der Waals surface area (Å²) < 4.78 is 0. The monoisotopic (exact) mass is 272 g/mol. The van der Waals surface area contributed by atoms with Crippen LogP contribution in [-0.4, -0.2) is 29.9 Å². The molecular weight excluding hydrogens is 252 g/mol. The van der Waals surface area contributed by atoms with Crippen molar-refractivity contribution in [2.24, 2.45) is 0 Å². The summed E-state index contributed by atoms with van der Waals surface area (Å²) in [5, 5.41) is 0. The van der Waals surface area contributed by atoms with Crippen LogP contribution in [0.1, 0.15) is 56.6 Å². The largest absolute Gasteiger partial charge is 0.225 e. The molecule has 0 N–H and O–H groups in total. The minimum atomic E-state index is 0.432. The van der Waals surface area contributed by atoms with Crippen LogP contribution in [0.5, 0.6) is 0 Å². The van der Waals surface area contributed by atoms with Gasteiger partial charge in [-0.2, -0.15) is 0 Å². The van der Waals surface area contributed by atoms with Gasteiger partial charge in [-0.3, -0.25) is 0 Å². The van der Waals surface area contributed by atoms with E-state index >= 15 is 0 Å². The van der Waals surface area contributed by atoms with Crippen molar-refractivity contribution in [1.82, 2.24) is 29.9 Å². The highest BCUT2D eigenvalue weighted by Gasteiger charge is 2.13. The second-order valence-electron chi connectivity index (χ2n) is 4.78. The Morgan fingerprint density at radius 2 is 1.50 bits per heavy atom. The number of aromatic nitrogens is 6. The Labute approximate surface area is 119 Å². The summed E-state index contributed by atoms with van der Waals surface area (Å²) in [7, 11) is 0. The summed E-state index contributed by atoms with van der Waals surface area (Å²) in [6.07, 6.45) is 12.7. The lowest BCUT2D eigenvalue weighted by molar-refractivity contribution is 0.505. The van der Waals surface area contributed by atoms with Crippen molar-refractivity contribution >= 4 is 0 Å². The maximum atomic E-state index is 4.28. The first-order valence-electron chi connectivity index (χ1n) is 7.13. The molecule has 2 heterocycles. The van der Waals surface area contributed by atoms with Crippen molar-refractivity contribution in [3.05, 3.63) is 37.0 Å². The molecule has 0 radical (unpaired) electrons. The fourth-order valence-electron chi connectivity index (χ4n) is 2.28. The number of aryl methyl sites for hydroxylation is 1. The first kappa shape index (κ1) is 14.4. The van der Waals surface area contributed by atoms with Crippen LogP contribution in [0.25, 0.3) is 0 Å². The van der Waals surface area contributed by atoms with Crippen LogP contribution in [0.4, 0.5) is 0 Å². The molecule has 20 heavy (non-hydrogen) atoms. The molecule has 2 aromatic rings. The van der Waals surface area contributed by atoms with Crippen LogP contribution >= 0.6 is 0 Å². The minimum absolute atomic E-state index is 0.432. The Kier molecular flexibility index (Phi) is 5.95. The molecule has 0 aliphatic rings. The van der Waals surface area contributed by atoms with E-state index in [1.165, 1.54) is 0 Å². The Balaban J connectivity index is 1.78. The van der Waals surface area contributed by atoms with Gasteiger partial charge in [0.05, 0.1) is 0 Å². The molecule has 2 aromatic heterocycles. The first-order valence-corrected chi connectivity index (χ1v) is 7.13. The predicted octanol–water partition coefficient (Wildman–Crippen LogP) is 2.35. The minimum Gasteiger partial charge on any atom is -0.225 e. The Morgan fingerprint density at radius 3 is 2.15 bits per heavy atom. The number of nitrogens with zero attached hydrogens (tertiary/aromatic N) is 6. The molecule has 0 bridgehead atoms. The van der Waals surface area contributed by atoms with Gasteiger partial charge < -0.3 is 0 Å². The third kappa shape index (κ3) is 4.60. The van der Waals surface area contributed by atoms with E-state index < -0.39 is 0 Å². The second-order valence-corrected chi connectivity index (χ2v) is 4.78. The van der Waals surface area contributed by atoms with Gasteiger partial charge in [-0.05, 0) is 19.3 Å². The molecule has 2 rings (SSSR count). The summed E-state index contributed by atoms with van der Waals surface area (Å²) >= 11 is 0. The van der Waals surface area contributed by atoms with Crippen molar-refractivity contribution in [2.45, 2.75) is 51.4 Å². The van der Waals surface area contributed by atoms with E-state index in [0.717, 1.165) is 50.2 Å². The normalized spacial score (nSPS) is 12.2. The smallest absolute Gasteiger partial charge is 0.135 e. The van der Waals surface area contributed by atoms with E-state index in [0.29, 0.717) is 5.92 Å². The molecule has 0 aromatic carbocycles. The molecule has 0 fully saturated rings. The number of rotatable bonds is 8. The summed E-state index contributed by atoms with van der Waals surface area (Å²) in [5.74, 6) is 2.22. The summed E-state index contributed by atoms with van der Waals surface area (Å²) in [6.45, 7) is 2.19. The zero-order valence-corrected chi connectivity index (χ0v) is 11.8. The highest BCUT2D eigenvalue weighted by Crippen LogP contribution is 2.23. The van der Waals surface area contributed by atoms with Crippen molar-refractivity contribution in [2.75, 3.05) is 0 Å². The average Bonchev–Trinajstić information content (AvgIpc) is 2.52. The third-order valence-electron chi connectivity index (χ3n) is 3.27. The second kappa shape index (κ2) is 8.24. The molecule has 106 valence electrons. The van der Waals surface area contributed by atoms with Crippen molar-refractivity contribution in [3.8, 4) is 0 Å². The first-order chi connectivity index (χ1) is 9.90. The van der Waals surface area contributed by atoms with Crippen molar-refractivity contribution < 1.29 is 0 Å². The maximum absolute atomic E-state index is 4.28. The lowest BCUT2D eigenvalue weighted by Gasteiger charge is -2.13. The van der Waals surface area contributed by atoms with E-state index in [2.05, 4.69) is 36.8 Å². The molecule has 0 saturated carbocycles. The van der Waals surface area contributed by atoms with Gasteiger partial charge in [0.15, 0.2) is 0 Å². The molecule has 0 amide bonds. The van der Waals surface area contributed by atoms with Crippen LogP contribution in [-0.2, 0) is 6.42 Å². The quantitative estimate of drug-likeness (QED) is 0.686. The number of hydrogen-bond donors (Lipinski definition) is 0. The fourth-order valence-corrected chi connectivity index (χ4v) is 2.28. The molecule has 6 nitrogen and oxygen atoms in total. The van der Waals surface area contributed by atoms with Crippen LogP contribution in [0.2, 0.25) is 0 Å². The van der Waals surface area contributed by atoms with E-state index in [9.17, 15) is 0 Å². The molecule has 1 unspecified atom stereocenters. The zero-order valence-electron chi connectivity index (χ0n) is 11.8. The van der Waals surface area contributed by atoms with Crippen molar-refractivity contribution in [1.29, 1.82) is 0 Å². The Morgan fingerprint density at radius 1 is 0.850 bits per heavy atom. The van der Waals surface area contributed by atoms with E-state index in [1.54, 1.807) is 25.3 Å². The van der Waals surface area contributed by atoms with Gasteiger partial charge in [-0.1, -0.05) is 19.8 Å². The standard InChI is InChI=1S/C14H20N6/c1-2-5-12(14-19-10-16-11-20-14)6-3-4-7-13-17-8-15-9-18-13/h8-12H,2-7H2,1H3. The molecule has 0 aliphatic carbocycles. The predicted molar refractivity (Wildman–Crippen MR) is 74.9 cm³/mol. The van der Waals surface area contributed by atoms with E-state index in [1.807, 2.05) is 0 Å².